The molecule has 0 spiro atoms. The molecular weight excluding hydrogens is 146 g/mol. The first-order valence-corrected chi connectivity index (χ1v) is 5.56. The Morgan fingerprint density at radius 2 is 2.17 bits per heavy atom. The van der Waals surface area contributed by atoms with Crippen molar-refractivity contribution < 1.29 is 0 Å². The largest absolute Gasteiger partial charge is 0.314 e. The highest BCUT2D eigenvalue weighted by atomic mass is 14.9. The van der Waals surface area contributed by atoms with E-state index < -0.39 is 0 Å². The summed E-state index contributed by atoms with van der Waals surface area (Å²) in [7, 11) is 0. The zero-order valence-corrected chi connectivity index (χ0v) is 8.60. The quantitative estimate of drug-likeness (QED) is 0.638. The molecule has 1 fully saturated rings. The molecule has 12 heavy (non-hydrogen) atoms. The first kappa shape index (κ1) is 10.0. The van der Waals surface area contributed by atoms with Crippen LogP contribution in [0.5, 0.6) is 0 Å². The number of hydrogen-bond donors (Lipinski definition) is 1. The lowest BCUT2D eigenvalue weighted by molar-refractivity contribution is 0.301. The minimum absolute atomic E-state index is 0.834. The van der Waals surface area contributed by atoms with Crippen LogP contribution in [0.3, 0.4) is 0 Å². The van der Waals surface area contributed by atoms with E-state index in [1.165, 1.54) is 45.1 Å². The Hall–Kier alpha value is -0.0400. The van der Waals surface area contributed by atoms with Crippen LogP contribution in [0.1, 0.15) is 52.4 Å². The number of rotatable bonds is 4. The lowest BCUT2D eigenvalue weighted by Crippen LogP contribution is -2.34. The van der Waals surface area contributed by atoms with Gasteiger partial charge < -0.3 is 5.32 Å². The summed E-state index contributed by atoms with van der Waals surface area (Å²) in [6, 6.07) is 0.834. The second kappa shape index (κ2) is 5.58. The van der Waals surface area contributed by atoms with Gasteiger partial charge in [-0.1, -0.05) is 33.1 Å². The predicted molar refractivity (Wildman–Crippen MR) is 54.3 cm³/mol. The zero-order valence-electron chi connectivity index (χ0n) is 8.60. The fourth-order valence-corrected chi connectivity index (χ4v) is 2.10. The van der Waals surface area contributed by atoms with Gasteiger partial charge in [0.15, 0.2) is 0 Å². The highest BCUT2D eigenvalue weighted by Gasteiger charge is 2.17. The van der Waals surface area contributed by atoms with Crippen LogP contribution in [-0.4, -0.2) is 12.6 Å². The molecule has 1 heteroatoms. The zero-order chi connectivity index (χ0) is 8.81. The minimum Gasteiger partial charge on any atom is -0.314 e. The van der Waals surface area contributed by atoms with Crippen molar-refractivity contribution in [1.29, 1.82) is 0 Å². The molecule has 1 rings (SSSR count). The van der Waals surface area contributed by atoms with Crippen molar-refractivity contribution in [3.8, 4) is 0 Å². The van der Waals surface area contributed by atoms with E-state index in [-0.39, 0.29) is 0 Å². The summed E-state index contributed by atoms with van der Waals surface area (Å²) >= 11 is 0. The Balaban J connectivity index is 2.06. The molecule has 0 unspecified atom stereocenters. The van der Waals surface area contributed by atoms with Gasteiger partial charge in [-0.3, -0.25) is 0 Å². The van der Waals surface area contributed by atoms with E-state index in [1.807, 2.05) is 0 Å². The van der Waals surface area contributed by atoms with Gasteiger partial charge in [0.25, 0.3) is 0 Å². The average Bonchev–Trinajstić information content (AvgIpc) is 2.05. The summed E-state index contributed by atoms with van der Waals surface area (Å²) in [5.74, 6) is 0.956. The Kier molecular flexibility index (Phi) is 4.67. The molecule has 0 saturated heterocycles. The molecule has 0 amide bonds. The van der Waals surface area contributed by atoms with Gasteiger partial charge in [0.2, 0.25) is 0 Å². The maximum Gasteiger partial charge on any atom is 0.00696 e. The standard InChI is InChI=1S/C11H23N/c1-3-4-8-12-11-7-5-6-10(2)9-11/h10-12H,3-9H2,1-2H3/t10-,11+/m1/s1. The molecule has 0 aromatic heterocycles. The van der Waals surface area contributed by atoms with E-state index >= 15 is 0 Å². The monoisotopic (exact) mass is 169 g/mol. The second-order valence-corrected chi connectivity index (χ2v) is 4.28. The first-order valence-electron chi connectivity index (χ1n) is 5.56. The minimum atomic E-state index is 0.834. The smallest absolute Gasteiger partial charge is 0.00696 e. The fourth-order valence-electron chi connectivity index (χ4n) is 2.10. The van der Waals surface area contributed by atoms with Crippen molar-refractivity contribution >= 4 is 0 Å². The van der Waals surface area contributed by atoms with E-state index in [9.17, 15) is 0 Å². The van der Waals surface area contributed by atoms with Crippen molar-refractivity contribution in [1.82, 2.24) is 5.32 Å². The molecule has 0 aliphatic heterocycles. The van der Waals surface area contributed by atoms with Crippen LogP contribution < -0.4 is 5.32 Å². The highest BCUT2D eigenvalue weighted by Crippen LogP contribution is 2.23. The highest BCUT2D eigenvalue weighted by molar-refractivity contribution is 4.75. The van der Waals surface area contributed by atoms with Gasteiger partial charge in [-0.15, -0.1) is 0 Å². The fraction of sp³-hybridized carbons (Fsp3) is 1.00. The SMILES string of the molecule is CCCCN[C@H]1CCC[C@@H](C)C1. The molecule has 0 radical (unpaired) electrons. The molecule has 2 atom stereocenters. The summed E-state index contributed by atoms with van der Waals surface area (Å²) in [6.45, 7) is 5.87. The van der Waals surface area contributed by atoms with E-state index in [2.05, 4.69) is 19.2 Å². The molecule has 0 aromatic rings. The number of unbranched alkanes of at least 4 members (excludes halogenated alkanes) is 1. The molecule has 0 bridgehead atoms. The molecule has 1 nitrogen and oxygen atoms in total. The van der Waals surface area contributed by atoms with Gasteiger partial charge in [0, 0.05) is 6.04 Å². The van der Waals surface area contributed by atoms with Crippen molar-refractivity contribution in [3.63, 3.8) is 0 Å². The lowest BCUT2D eigenvalue weighted by Gasteiger charge is -2.27. The van der Waals surface area contributed by atoms with Gasteiger partial charge in [-0.25, -0.2) is 0 Å². The molecule has 0 aromatic carbocycles. The Labute approximate surface area is 76.9 Å². The molecular formula is C11H23N. The van der Waals surface area contributed by atoms with Crippen LogP contribution in [0.25, 0.3) is 0 Å². The summed E-state index contributed by atoms with van der Waals surface area (Å²) in [5, 5.41) is 3.65. The van der Waals surface area contributed by atoms with Gasteiger partial charge >= 0.3 is 0 Å². The van der Waals surface area contributed by atoms with E-state index in [0.717, 1.165) is 12.0 Å². The van der Waals surface area contributed by atoms with Crippen LogP contribution in [0, 0.1) is 5.92 Å². The van der Waals surface area contributed by atoms with Gasteiger partial charge in [0.1, 0.15) is 0 Å². The Morgan fingerprint density at radius 1 is 1.33 bits per heavy atom. The summed E-state index contributed by atoms with van der Waals surface area (Å²) in [6.07, 6.45) is 8.36. The van der Waals surface area contributed by atoms with Crippen molar-refractivity contribution in [2.24, 2.45) is 5.92 Å². The van der Waals surface area contributed by atoms with E-state index in [4.69, 9.17) is 0 Å². The van der Waals surface area contributed by atoms with Gasteiger partial charge in [0.05, 0.1) is 0 Å². The maximum atomic E-state index is 3.65. The maximum absolute atomic E-state index is 3.65. The van der Waals surface area contributed by atoms with Crippen LogP contribution >= 0.6 is 0 Å². The molecule has 1 aliphatic carbocycles. The summed E-state index contributed by atoms with van der Waals surface area (Å²) in [4.78, 5) is 0. The third-order valence-electron chi connectivity index (χ3n) is 2.90. The predicted octanol–water partition coefficient (Wildman–Crippen LogP) is 2.95. The summed E-state index contributed by atoms with van der Waals surface area (Å²) < 4.78 is 0. The average molecular weight is 169 g/mol. The molecule has 72 valence electrons. The number of nitrogens with one attached hydrogen (secondary N) is 1. The molecule has 1 aliphatic rings. The van der Waals surface area contributed by atoms with Crippen molar-refractivity contribution in [3.05, 3.63) is 0 Å². The lowest BCUT2D eigenvalue weighted by atomic mass is 9.87. The Morgan fingerprint density at radius 3 is 2.83 bits per heavy atom. The van der Waals surface area contributed by atoms with Gasteiger partial charge in [-0.2, -0.15) is 0 Å². The molecule has 1 saturated carbocycles. The normalized spacial score (nSPS) is 30.5. The van der Waals surface area contributed by atoms with Gasteiger partial charge in [-0.05, 0) is 31.7 Å². The van der Waals surface area contributed by atoms with Crippen molar-refractivity contribution in [2.45, 2.75) is 58.4 Å². The first-order chi connectivity index (χ1) is 5.83. The topological polar surface area (TPSA) is 12.0 Å². The molecule has 0 heterocycles. The van der Waals surface area contributed by atoms with E-state index in [1.54, 1.807) is 0 Å². The third-order valence-corrected chi connectivity index (χ3v) is 2.90. The van der Waals surface area contributed by atoms with E-state index in [0.29, 0.717) is 0 Å². The van der Waals surface area contributed by atoms with Crippen LogP contribution in [0.2, 0.25) is 0 Å². The summed E-state index contributed by atoms with van der Waals surface area (Å²) in [5.41, 5.74) is 0. The number of hydrogen-bond acceptors (Lipinski definition) is 1. The second-order valence-electron chi connectivity index (χ2n) is 4.28. The van der Waals surface area contributed by atoms with Crippen LogP contribution in [0.15, 0.2) is 0 Å². The third kappa shape index (κ3) is 3.57. The molecule has 1 N–H and O–H groups in total. The van der Waals surface area contributed by atoms with Crippen LogP contribution in [0.4, 0.5) is 0 Å². The van der Waals surface area contributed by atoms with Crippen molar-refractivity contribution in [2.75, 3.05) is 6.54 Å². The van der Waals surface area contributed by atoms with Crippen LogP contribution in [-0.2, 0) is 0 Å². The Bertz CT molecular complexity index is 112.